The van der Waals surface area contributed by atoms with Crippen LogP contribution < -0.4 is 11.2 Å². The molecular formula is C28H35ClF2N6O4. The maximum absolute atomic E-state index is 13.9. The second kappa shape index (κ2) is 13.1. The smallest absolute Gasteiger partial charge is 0.332 e. The van der Waals surface area contributed by atoms with Crippen molar-refractivity contribution in [2.24, 2.45) is 0 Å². The van der Waals surface area contributed by atoms with Crippen LogP contribution in [0.5, 0.6) is 0 Å². The Morgan fingerprint density at radius 1 is 1.07 bits per heavy atom. The van der Waals surface area contributed by atoms with Gasteiger partial charge in [0.15, 0.2) is 11.2 Å². The first-order chi connectivity index (χ1) is 19.6. The summed E-state index contributed by atoms with van der Waals surface area (Å²) in [5, 5.41) is 4.43. The normalized spacial score (nSPS) is 12.9. The van der Waals surface area contributed by atoms with E-state index < -0.39 is 23.6 Å². The number of ether oxygens (including phenoxy) is 2. The molecule has 0 N–H and O–H groups in total. The summed E-state index contributed by atoms with van der Waals surface area (Å²) in [7, 11) is 0. The van der Waals surface area contributed by atoms with Crippen molar-refractivity contribution >= 4 is 22.8 Å². The van der Waals surface area contributed by atoms with Gasteiger partial charge < -0.3 is 9.47 Å². The van der Waals surface area contributed by atoms with E-state index >= 15 is 0 Å². The van der Waals surface area contributed by atoms with E-state index in [4.69, 9.17) is 26.1 Å². The first-order valence-corrected chi connectivity index (χ1v) is 14.2. The van der Waals surface area contributed by atoms with E-state index in [9.17, 15) is 18.4 Å². The van der Waals surface area contributed by atoms with E-state index in [-0.39, 0.29) is 48.8 Å². The molecule has 1 aromatic carbocycles. The van der Waals surface area contributed by atoms with Crippen molar-refractivity contribution in [2.75, 3.05) is 19.1 Å². The van der Waals surface area contributed by atoms with Gasteiger partial charge in [-0.25, -0.2) is 18.6 Å². The molecule has 0 bridgehead atoms. The largest absolute Gasteiger partial charge is 0.335 e. The van der Waals surface area contributed by atoms with Crippen molar-refractivity contribution in [3.8, 4) is 11.4 Å². The molecule has 0 aliphatic carbocycles. The molecule has 0 fully saturated rings. The lowest BCUT2D eigenvalue weighted by Gasteiger charge is -2.21. The second-order valence-corrected chi connectivity index (χ2v) is 10.1. The summed E-state index contributed by atoms with van der Waals surface area (Å²) in [5.74, 6) is -2.46. The Morgan fingerprint density at radius 3 is 2.49 bits per heavy atom. The molecule has 3 heterocycles. The molecule has 222 valence electrons. The van der Waals surface area contributed by atoms with Crippen molar-refractivity contribution in [3.63, 3.8) is 0 Å². The molecule has 1 unspecified atom stereocenters. The molecule has 10 nitrogen and oxygen atoms in total. The third kappa shape index (κ3) is 6.44. The molecule has 0 aliphatic rings. The number of hydrogen-bond donors (Lipinski definition) is 0. The number of hydrogen-bond acceptors (Lipinski definition) is 6. The standard InChI is InChI=1S/C28H35ClF2N6O4/c1-5-12-36-25(38)22-24(35(7-3)26(36)39)33-23(37(22)27(40-13-6-2)41-14-11-29)20-16-32-34(18-20)17-19-9-8-10-21(15-19)28(4,30)31/h8-10,15-16,18,27H,5-7,11-14,17H2,1-4H3. The molecule has 0 radical (unpaired) electrons. The molecule has 41 heavy (non-hydrogen) atoms. The van der Waals surface area contributed by atoms with Crippen LogP contribution in [-0.2, 0) is 35.0 Å². The predicted molar refractivity (Wildman–Crippen MR) is 153 cm³/mol. The Kier molecular flexibility index (Phi) is 9.77. The summed E-state index contributed by atoms with van der Waals surface area (Å²) < 4.78 is 45.5. The average molecular weight is 593 g/mol. The lowest BCUT2D eigenvalue weighted by atomic mass is 10.1. The van der Waals surface area contributed by atoms with E-state index in [2.05, 4.69) is 5.10 Å². The van der Waals surface area contributed by atoms with Gasteiger partial charge in [0.05, 0.1) is 31.5 Å². The zero-order valence-corrected chi connectivity index (χ0v) is 24.4. The Hall–Kier alpha value is -3.35. The van der Waals surface area contributed by atoms with Gasteiger partial charge in [-0.3, -0.25) is 23.2 Å². The van der Waals surface area contributed by atoms with Gasteiger partial charge in [0.2, 0.25) is 6.41 Å². The third-order valence-electron chi connectivity index (χ3n) is 6.50. The number of halogens is 3. The zero-order valence-electron chi connectivity index (χ0n) is 23.6. The van der Waals surface area contributed by atoms with Crippen LogP contribution in [0.2, 0.25) is 0 Å². The molecule has 0 saturated heterocycles. The summed E-state index contributed by atoms with van der Waals surface area (Å²) in [6.07, 6.45) is 3.49. The Balaban J connectivity index is 1.90. The van der Waals surface area contributed by atoms with Crippen LogP contribution in [0.3, 0.4) is 0 Å². The minimum atomic E-state index is -2.97. The zero-order chi connectivity index (χ0) is 29.7. The number of imidazole rings is 1. The van der Waals surface area contributed by atoms with Gasteiger partial charge in [0, 0.05) is 37.7 Å². The third-order valence-corrected chi connectivity index (χ3v) is 6.66. The van der Waals surface area contributed by atoms with Crippen molar-refractivity contribution in [2.45, 2.75) is 72.5 Å². The summed E-state index contributed by atoms with van der Waals surface area (Å²) in [6.45, 7) is 7.73. The molecule has 4 rings (SSSR count). The number of benzene rings is 1. The first kappa shape index (κ1) is 30.6. The Labute approximate surface area is 241 Å². The van der Waals surface area contributed by atoms with Crippen LogP contribution in [0.25, 0.3) is 22.6 Å². The van der Waals surface area contributed by atoms with Crippen LogP contribution in [0.4, 0.5) is 8.78 Å². The fourth-order valence-electron chi connectivity index (χ4n) is 4.63. The van der Waals surface area contributed by atoms with Gasteiger partial charge in [-0.2, -0.15) is 5.10 Å². The van der Waals surface area contributed by atoms with Gasteiger partial charge in [-0.15, -0.1) is 11.6 Å². The van der Waals surface area contributed by atoms with Gasteiger partial charge >= 0.3 is 5.69 Å². The quantitative estimate of drug-likeness (QED) is 0.152. The molecular weight excluding hydrogens is 558 g/mol. The van der Waals surface area contributed by atoms with Gasteiger partial charge in [-0.05, 0) is 31.4 Å². The van der Waals surface area contributed by atoms with E-state index in [1.165, 1.54) is 21.3 Å². The number of aromatic nitrogens is 6. The molecule has 13 heteroatoms. The highest BCUT2D eigenvalue weighted by molar-refractivity contribution is 6.17. The molecule has 1 atom stereocenters. The van der Waals surface area contributed by atoms with Crippen LogP contribution in [-0.4, -0.2) is 47.6 Å². The molecule has 3 aromatic heterocycles. The fourth-order valence-corrected chi connectivity index (χ4v) is 4.72. The highest BCUT2D eigenvalue weighted by Crippen LogP contribution is 2.30. The topological polar surface area (TPSA) is 98.1 Å². The minimum absolute atomic E-state index is 0.0857. The number of aryl methyl sites for hydroxylation is 1. The highest BCUT2D eigenvalue weighted by atomic mass is 35.5. The fraction of sp³-hybridized carbons (Fsp3) is 0.500. The van der Waals surface area contributed by atoms with Crippen LogP contribution >= 0.6 is 11.6 Å². The van der Waals surface area contributed by atoms with Crippen LogP contribution in [0.1, 0.15) is 58.1 Å². The average Bonchev–Trinajstić information content (AvgIpc) is 3.56. The molecule has 0 aliphatic heterocycles. The Morgan fingerprint density at radius 2 is 1.83 bits per heavy atom. The maximum Gasteiger partial charge on any atom is 0.332 e. The van der Waals surface area contributed by atoms with Crippen molar-refractivity contribution in [1.82, 2.24) is 28.5 Å². The van der Waals surface area contributed by atoms with E-state index in [1.54, 1.807) is 40.7 Å². The van der Waals surface area contributed by atoms with E-state index in [0.29, 0.717) is 36.4 Å². The molecule has 0 amide bonds. The van der Waals surface area contributed by atoms with Crippen LogP contribution in [0.15, 0.2) is 46.2 Å². The van der Waals surface area contributed by atoms with Gasteiger partial charge in [0.25, 0.3) is 11.5 Å². The number of alkyl halides is 3. The SMILES string of the molecule is CCCOC(OCCCl)n1c(-c2cnn(Cc3cccc(C(C)(F)F)c3)c2)nc2c1c(=O)n(CCC)c(=O)n2CC. The van der Waals surface area contributed by atoms with Gasteiger partial charge in [-0.1, -0.05) is 32.0 Å². The van der Waals surface area contributed by atoms with Crippen LogP contribution in [0, 0.1) is 0 Å². The maximum atomic E-state index is 13.9. The molecule has 0 saturated carbocycles. The number of fused-ring (bicyclic) bond motifs is 1. The summed E-state index contributed by atoms with van der Waals surface area (Å²) in [4.78, 5) is 31.7. The second-order valence-electron chi connectivity index (χ2n) is 9.71. The Bertz CT molecular complexity index is 1600. The lowest BCUT2D eigenvalue weighted by Crippen LogP contribution is -2.40. The summed E-state index contributed by atoms with van der Waals surface area (Å²) >= 11 is 5.92. The molecule has 4 aromatic rings. The molecule has 0 spiro atoms. The van der Waals surface area contributed by atoms with E-state index in [0.717, 1.165) is 6.92 Å². The minimum Gasteiger partial charge on any atom is -0.335 e. The highest BCUT2D eigenvalue weighted by Gasteiger charge is 2.28. The van der Waals surface area contributed by atoms with E-state index in [1.807, 2.05) is 13.8 Å². The van der Waals surface area contributed by atoms with Crippen molar-refractivity contribution in [1.29, 1.82) is 0 Å². The number of nitrogens with zero attached hydrogens (tertiary/aromatic N) is 6. The first-order valence-electron chi connectivity index (χ1n) is 13.7. The number of rotatable bonds is 14. The summed E-state index contributed by atoms with van der Waals surface area (Å²) in [6, 6.07) is 6.16. The van der Waals surface area contributed by atoms with Crippen molar-refractivity contribution in [3.05, 3.63) is 68.6 Å². The lowest BCUT2D eigenvalue weighted by molar-refractivity contribution is -0.185. The van der Waals surface area contributed by atoms with Crippen molar-refractivity contribution < 1.29 is 18.3 Å². The monoisotopic (exact) mass is 592 g/mol. The summed E-state index contributed by atoms with van der Waals surface area (Å²) in [5.41, 5.74) is 0.501. The van der Waals surface area contributed by atoms with Gasteiger partial charge in [0.1, 0.15) is 5.82 Å². The predicted octanol–water partition coefficient (Wildman–Crippen LogP) is 4.95.